The average Bonchev–Trinajstić information content (AvgIpc) is 2.90. The summed E-state index contributed by atoms with van der Waals surface area (Å²) in [5.41, 5.74) is 0.486. The summed E-state index contributed by atoms with van der Waals surface area (Å²) in [5, 5.41) is 13.2. The van der Waals surface area contributed by atoms with E-state index in [1.165, 1.54) is 18.2 Å². The second-order valence-electron chi connectivity index (χ2n) is 9.99. The van der Waals surface area contributed by atoms with Gasteiger partial charge in [-0.2, -0.15) is 0 Å². The molecule has 0 saturated carbocycles. The molecule has 38 heavy (non-hydrogen) atoms. The second-order valence-corrected chi connectivity index (χ2v) is 11.7. The van der Waals surface area contributed by atoms with Crippen LogP contribution in [0.25, 0.3) is 0 Å². The molecule has 0 saturated heterocycles. The summed E-state index contributed by atoms with van der Waals surface area (Å²) in [5.74, 6) is 0.0149. The molecule has 0 bridgehead atoms. The average molecular weight is 548 g/mol. The smallest absolute Gasteiger partial charge is 0.261 e. The number of nitrogens with zero attached hydrogens (tertiary/aromatic N) is 1. The number of rotatable bonds is 7. The number of nitrogens with one attached hydrogen (secondary N) is 2. The molecule has 0 spiro atoms. The van der Waals surface area contributed by atoms with Crippen LogP contribution in [0.3, 0.4) is 0 Å². The quantitative estimate of drug-likeness (QED) is 0.486. The second kappa shape index (κ2) is 13.9. The van der Waals surface area contributed by atoms with Crippen molar-refractivity contribution in [2.45, 2.75) is 63.2 Å². The summed E-state index contributed by atoms with van der Waals surface area (Å²) in [6.45, 7) is 7.15. The molecule has 210 valence electrons. The topological polar surface area (TPSA) is 117 Å². The minimum atomic E-state index is -3.85. The summed E-state index contributed by atoms with van der Waals surface area (Å²) in [6, 6.07) is 12.3. The SMILES string of the molecule is CNC[C@H]1OCCCC[C@H](C)Oc2ccc(NS(=O)(=O)c3ccccc3)cc2C(=O)N([C@@H](C)CO)C[C@H]1C. The van der Waals surface area contributed by atoms with Crippen LogP contribution < -0.4 is 14.8 Å². The van der Waals surface area contributed by atoms with Crippen molar-refractivity contribution < 1.29 is 27.8 Å². The summed E-state index contributed by atoms with van der Waals surface area (Å²) >= 11 is 0. The van der Waals surface area contributed by atoms with Gasteiger partial charge in [-0.05, 0) is 70.5 Å². The number of carbonyl (C=O) groups is 1. The van der Waals surface area contributed by atoms with Gasteiger partial charge in [0.05, 0.1) is 35.3 Å². The van der Waals surface area contributed by atoms with E-state index < -0.39 is 16.1 Å². The van der Waals surface area contributed by atoms with E-state index in [2.05, 4.69) is 10.0 Å². The van der Waals surface area contributed by atoms with E-state index in [4.69, 9.17) is 9.47 Å². The lowest BCUT2D eigenvalue weighted by Gasteiger charge is -2.34. The van der Waals surface area contributed by atoms with Crippen molar-refractivity contribution in [1.82, 2.24) is 10.2 Å². The third kappa shape index (κ3) is 7.92. The summed E-state index contributed by atoms with van der Waals surface area (Å²) in [4.78, 5) is 15.7. The highest BCUT2D eigenvalue weighted by molar-refractivity contribution is 7.92. The fraction of sp³-hybridized carbons (Fsp3) is 0.536. The van der Waals surface area contributed by atoms with E-state index >= 15 is 0 Å². The van der Waals surface area contributed by atoms with E-state index in [9.17, 15) is 18.3 Å². The molecule has 0 aromatic heterocycles. The zero-order valence-electron chi connectivity index (χ0n) is 22.7. The fourth-order valence-electron chi connectivity index (χ4n) is 4.49. The number of fused-ring (bicyclic) bond motifs is 1. The lowest BCUT2D eigenvalue weighted by molar-refractivity contribution is -0.000450. The maximum absolute atomic E-state index is 14.0. The van der Waals surface area contributed by atoms with Crippen LogP contribution in [0.2, 0.25) is 0 Å². The van der Waals surface area contributed by atoms with Gasteiger partial charge in [-0.25, -0.2) is 8.42 Å². The Hall–Kier alpha value is -2.66. The standard InChI is InChI=1S/C28H41N3O6S/c1-20-18-31(21(2)19-32)28(33)25-16-23(30-38(34,35)24-11-6-5-7-12-24)13-14-26(25)37-22(3)10-8-9-15-36-27(20)17-29-4/h5-7,11-14,16,20-22,27,29-30,32H,8-10,15,17-19H2,1-4H3/t20-,21+,22+,27-/m1/s1. The van der Waals surface area contributed by atoms with Gasteiger partial charge in [-0.15, -0.1) is 0 Å². The predicted molar refractivity (Wildman–Crippen MR) is 148 cm³/mol. The van der Waals surface area contributed by atoms with Gasteiger partial charge in [-0.3, -0.25) is 9.52 Å². The molecular weight excluding hydrogens is 506 g/mol. The molecule has 0 fully saturated rings. The number of hydrogen-bond acceptors (Lipinski definition) is 7. The Morgan fingerprint density at radius 2 is 1.87 bits per heavy atom. The first-order valence-corrected chi connectivity index (χ1v) is 14.7. The normalized spacial score (nSPS) is 22.6. The van der Waals surface area contributed by atoms with Gasteiger partial charge in [0.15, 0.2) is 0 Å². The minimum absolute atomic E-state index is 0.0219. The van der Waals surface area contributed by atoms with Crippen molar-refractivity contribution in [2.75, 3.05) is 38.1 Å². The summed E-state index contributed by atoms with van der Waals surface area (Å²) < 4.78 is 40.8. The first-order chi connectivity index (χ1) is 18.2. The number of ether oxygens (including phenoxy) is 2. The zero-order chi connectivity index (χ0) is 27.7. The van der Waals surface area contributed by atoms with Crippen molar-refractivity contribution in [3.8, 4) is 5.75 Å². The molecule has 2 aromatic carbocycles. The molecule has 0 unspecified atom stereocenters. The first-order valence-electron chi connectivity index (χ1n) is 13.2. The van der Waals surface area contributed by atoms with Crippen LogP contribution >= 0.6 is 0 Å². The molecule has 3 N–H and O–H groups in total. The van der Waals surface area contributed by atoms with Crippen LogP contribution in [-0.2, 0) is 14.8 Å². The Bertz CT molecular complexity index is 1140. The van der Waals surface area contributed by atoms with Gasteiger partial charge in [0.1, 0.15) is 5.75 Å². The Morgan fingerprint density at radius 1 is 1.13 bits per heavy atom. The van der Waals surface area contributed by atoms with Crippen LogP contribution in [0.15, 0.2) is 53.4 Å². The lowest BCUT2D eigenvalue weighted by atomic mass is 10.0. The van der Waals surface area contributed by atoms with Crippen LogP contribution in [0, 0.1) is 5.92 Å². The third-order valence-electron chi connectivity index (χ3n) is 6.76. The van der Waals surface area contributed by atoms with Gasteiger partial charge >= 0.3 is 0 Å². The van der Waals surface area contributed by atoms with Gasteiger partial charge in [0, 0.05) is 31.3 Å². The number of aliphatic hydroxyl groups is 1. The van der Waals surface area contributed by atoms with Crippen LogP contribution in [-0.4, -0.2) is 75.9 Å². The van der Waals surface area contributed by atoms with Crippen molar-refractivity contribution >= 4 is 21.6 Å². The minimum Gasteiger partial charge on any atom is -0.490 e. The molecule has 1 amide bonds. The molecule has 4 atom stereocenters. The molecule has 10 heteroatoms. The maximum atomic E-state index is 14.0. The number of benzene rings is 2. The number of sulfonamides is 1. The third-order valence-corrected chi connectivity index (χ3v) is 8.16. The van der Waals surface area contributed by atoms with Crippen LogP contribution in [0.1, 0.15) is 50.4 Å². The first kappa shape index (κ1) is 29.9. The molecule has 3 rings (SSSR count). The number of likely N-dealkylation sites (N-methyl/N-ethyl adjacent to an activating group) is 1. The number of hydrogen-bond donors (Lipinski definition) is 3. The van der Waals surface area contributed by atoms with E-state index in [1.807, 2.05) is 20.9 Å². The molecule has 1 heterocycles. The van der Waals surface area contributed by atoms with Crippen LogP contribution in [0.4, 0.5) is 5.69 Å². The van der Waals surface area contributed by atoms with Crippen LogP contribution in [0.5, 0.6) is 5.75 Å². The highest BCUT2D eigenvalue weighted by Gasteiger charge is 2.30. The number of amides is 1. The van der Waals surface area contributed by atoms with Gasteiger partial charge in [-0.1, -0.05) is 25.1 Å². The largest absolute Gasteiger partial charge is 0.490 e. The number of aliphatic hydroxyl groups excluding tert-OH is 1. The van der Waals surface area contributed by atoms with E-state index in [0.717, 1.165) is 19.3 Å². The maximum Gasteiger partial charge on any atom is 0.261 e. The Kier molecular flexibility index (Phi) is 11.0. The van der Waals surface area contributed by atoms with E-state index in [1.54, 1.807) is 42.2 Å². The molecule has 2 aromatic rings. The Morgan fingerprint density at radius 3 is 2.55 bits per heavy atom. The van der Waals surface area contributed by atoms with Crippen molar-refractivity contribution in [1.29, 1.82) is 0 Å². The van der Waals surface area contributed by atoms with Gasteiger partial charge < -0.3 is 24.8 Å². The molecule has 9 nitrogen and oxygen atoms in total. The monoisotopic (exact) mass is 547 g/mol. The van der Waals surface area contributed by atoms with Crippen molar-refractivity contribution in [2.24, 2.45) is 5.92 Å². The lowest BCUT2D eigenvalue weighted by Crippen LogP contribution is -2.47. The summed E-state index contributed by atoms with van der Waals surface area (Å²) in [6.07, 6.45) is 2.31. The molecule has 0 aliphatic carbocycles. The van der Waals surface area contributed by atoms with Crippen molar-refractivity contribution in [3.05, 3.63) is 54.1 Å². The molecule has 1 aliphatic rings. The molecule has 0 radical (unpaired) electrons. The number of anilines is 1. The fourth-order valence-corrected chi connectivity index (χ4v) is 5.56. The predicted octanol–water partition coefficient (Wildman–Crippen LogP) is 3.50. The van der Waals surface area contributed by atoms with Gasteiger partial charge in [0.2, 0.25) is 0 Å². The molecule has 1 aliphatic heterocycles. The van der Waals surface area contributed by atoms with Crippen molar-refractivity contribution in [3.63, 3.8) is 0 Å². The van der Waals surface area contributed by atoms with E-state index in [-0.39, 0.29) is 46.8 Å². The highest BCUT2D eigenvalue weighted by Crippen LogP contribution is 2.29. The van der Waals surface area contributed by atoms with E-state index in [0.29, 0.717) is 25.4 Å². The Balaban J connectivity index is 2.02. The van der Waals surface area contributed by atoms with Gasteiger partial charge in [0.25, 0.3) is 15.9 Å². The molecular formula is C28H41N3O6S. The number of carbonyl (C=O) groups excluding carboxylic acids is 1. The highest BCUT2D eigenvalue weighted by atomic mass is 32.2. The Labute approximate surface area is 226 Å². The zero-order valence-corrected chi connectivity index (χ0v) is 23.5. The summed E-state index contributed by atoms with van der Waals surface area (Å²) in [7, 11) is -1.98.